The molecule has 1 aliphatic rings. The summed E-state index contributed by atoms with van der Waals surface area (Å²) in [4.78, 5) is 14.4. The molecule has 1 aromatic carbocycles. The van der Waals surface area contributed by atoms with Crippen LogP contribution in [0, 0.1) is 5.92 Å². The molecule has 0 bridgehead atoms. The second-order valence-corrected chi connectivity index (χ2v) is 6.15. The highest BCUT2D eigenvalue weighted by atomic mass is 16.1. The van der Waals surface area contributed by atoms with Crippen LogP contribution in [0.15, 0.2) is 18.2 Å². The molecule has 1 unspecified atom stereocenters. The lowest BCUT2D eigenvalue weighted by atomic mass is 9.99. The van der Waals surface area contributed by atoms with Crippen molar-refractivity contribution in [2.24, 2.45) is 5.92 Å². The Morgan fingerprint density at radius 1 is 1.48 bits per heavy atom. The van der Waals surface area contributed by atoms with Gasteiger partial charge in [-0.1, -0.05) is 19.9 Å². The molecular weight excluding hydrogens is 262 g/mol. The molecule has 1 fully saturated rings. The van der Waals surface area contributed by atoms with Gasteiger partial charge in [0.15, 0.2) is 0 Å². The largest absolute Gasteiger partial charge is 0.398 e. The molecule has 0 aliphatic carbocycles. The van der Waals surface area contributed by atoms with Crippen LogP contribution in [-0.4, -0.2) is 30.4 Å². The molecule has 0 saturated carbocycles. The Labute approximate surface area is 127 Å². The van der Waals surface area contributed by atoms with Gasteiger partial charge < -0.3 is 11.1 Å². The van der Waals surface area contributed by atoms with Gasteiger partial charge in [0.25, 0.3) is 5.91 Å². The number of carbonyl (C=O) groups excluding carboxylic acids is 1. The van der Waals surface area contributed by atoms with Gasteiger partial charge in [-0.25, -0.2) is 0 Å². The van der Waals surface area contributed by atoms with Gasteiger partial charge in [0.2, 0.25) is 0 Å². The predicted molar refractivity (Wildman–Crippen MR) is 87.2 cm³/mol. The second kappa shape index (κ2) is 7.46. The summed E-state index contributed by atoms with van der Waals surface area (Å²) < 4.78 is 0. The molecule has 1 aliphatic heterocycles. The molecule has 1 atom stereocenters. The molecule has 4 heteroatoms. The van der Waals surface area contributed by atoms with Gasteiger partial charge in [-0.05, 0) is 49.4 Å². The normalized spacial score (nSPS) is 19.4. The molecule has 0 spiro atoms. The summed E-state index contributed by atoms with van der Waals surface area (Å²) in [6.07, 6.45) is 3.52. The smallest absolute Gasteiger partial charge is 0.251 e. The summed E-state index contributed by atoms with van der Waals surface area (Å²) in [6, 6.07) is 5.67. The summed E-state index contributed by atoms with van der Waals surface area (Å²) >= 11 is 0. The highest BCUT2D eigenvalue weighted by molar-refractivity contribution is 5.95. The van der Waals surface area contributed by atoms with Crippen LogP contribution in [0.3, 0.4) is 0 Å². The summed E-state index contributed by atoms with van der Waals surface area (Å²) in [5, 5.41) is 2.88. The Morgan fingerprint density at radius 2 is 2.29 bits per heavy atom. The molecule has 3 N–H and O–H groups in total. The first-order valence-electron chi connectivity index (χ1n) is 7.99. The fourth-order valence-electron chi connectivity index (χ4n) is 2.89. The molecule has 116 valence electrons. The molecule has 0 radical (unpaired) electrons. The van der Waals surface area contributed by atoms with Crippen molar-refractivity contribution in [3.05, 3.63) is 29.3 Å². The maximum atomic E-state index is 11.9. The van der Waals surface area contributed by atoms with Crippen molar-refractivity contribution >= 4 is 11.6 Å². The number of nitrogens with one attached hydrogen (secondary N) is 1. The van der Waals surface area contributed by atoms with E-state index in [9.17, 15) is 4.79 Å². The van der Waals surface area contributed by atoms with E-state index in [4.69, 9.17) is 5.73 Å². The molecular formula is C17H27N3O. The zero-order valence-corrected chi connectivity index (χ0v) is 13.2. The molecule has 2 rings (SSSR count). The van der Waals surface area contributed by atoms with Gasteiger partial charge in [0, 0.05) is 30.9 Å². The average Bonchev–Trinajstić information content (AvgIpc) is 2.47. The van der Waals surface area contributed by atoms with E-state index in [0.29, 0.717) is 12.1 Å². The zero-order chi connectivity index (χ0) is 15.2. The number of benzene rings is 1. The Bertz CT molecular complexity index is 487. The number of likely N-dealkylation sites (tertiary alicyclic amines) is 1. The number of hydrogen-bond donors (Lipinski definition) is 2. The fraction of sp³-hybridized carbons (Fsp3) is 0.588. The van der Waals surface area contributed by atoms with E-state index in [2.05, 4.69) is 17.1 Å². The van der Waals surface area contributed by atoms with Crippen LogP contribution in [0.4, 0.5) is 5.69 Å². The van der Waals surface area contributed by atoms with Crippen molar-refractivity contribution in [1.29, 1.82) is 0 Å². The predicted octanol–water partition coefficient (Wildman–Crippen LogP) is 2.64. The zero-order valence-electron chi connectivity index (χ0n) is 13.2. The van der Waals surface area contributed by atoms with Crippen LogP contribution >= 0.6 is 0 Å². The second-order valence-electron chi connectivity index (χ2n) is 6.15. The van der Waals surface area contributed by atoms with Crippen LogP contribution in [0.2, 0.25) is 0 Å². The molecule has 1 aromatic rings. The third kappa shape index (κ3) is 4.46. The lowest BCUT2D eigenvalue weighted by Gasteiger charge is -2.31. The number of nitrogens with zero attached hydrogens (tertiary/aromatic N) is 1. The highest BCUT2D eigenvalue weighted by Crippen LogP contribution is 2.21. The van der Waals surface area contributed by atoms with Crippen LogP contribution in [0.25, 0.3) is 0 Å². The molecule has 21 heavy (non-hydrogen) atoms. The quantitative estimate of drug-likeness (QED) is 0.819. The number of hydrogen-bond acceptors (Lipinski definition) is 3. The highest BCUT2D eigenvalue weighted by Gasteiger charge is 2.17. The van der Waals surface area contributed by atoms with E-state index in [-0.39, 0.29) is 5.91 Å². The SMILES string of the molecule is CCCNC(=O)c1ccc(CN2CCCC(C)C2)c(N)c1. The van der Waals surface area contributed by atoms with E-state index in [1.54, 1.807) is 6.07 Å². The van der Waals surface area contributed by atoms with Crippen molar-refractivity contribution in [3.8, 4) is 0 Å². The van der Waals surface area contributed by atoms with Crippen LogP contribution < -0.4 is 11.1 Å². The Hall–Kier alpha value is -1.55. The van der Waals surface area contributed by atoms with Gasteiger partial charge in [-0.15, -0.1) is 0 Å². The molecule has 0 aromatic heterocycles. The lowest BCUT2D eigenvalue weighted by Crippen LogP contribution is -2.34. The van der Waals surface area contributed by atoms with E-state index in [1.807, 2.05) is 19.1 Å². The van der Waals surface area contributed by atoms with Crippen LogP contribution in [0.5, 0.6) is 0 Å². The first-order valence-corrected chi connectivity index (χ1v) is 7.99. The van der Waals surface area contributed by atoms with Gasteiger partial charge in [0.05, 0.1) is 0 Å². The van der Waals surface area contributed by atoms with E-state index >= 15 is 0 Å². The van der Waals surface area contributed by atoms with Crippen molar-refractivity contribution in [3.63, 3.8) is 0 Å². The van der Waals surface area contributed by atoms with Gasteiger partial charge >= 0.3 is 0 Å². The number of rotatable bonds is 5. The van der Waals surface area contributed by atoms with Gasteiger partial charge in [0.1, 0.15) is 0 Å². The third-order valence-corrected chi connectivity index (χ3v) is 4.08. The Kier molecular flexibility index (Phi) is 5.62. The summed E-state index contributed by atoms with van der Waals surface area (Å²) in [5.74, 6) is 0.723. The average molecular weight is 289 g/mol. The topological polar surface area (TPSA) is 58.4 Å². The molecule has 4 nitrogen and oxygen atoms in total. The minimum atomic E-state index is -0.0401. The maximum absolute atomic E-state index is 11.9. The Morgan fingerprint density at radius 3 is 2.95 bits per heavy atom. The Balaban J connectivity index is 2.00. The van der Waals surface area contributed by atoms with Gasteiger partial charge in [-0.2, -0.15) is 0 Å². The first-order chi connectivity index (χ1) is 10.1. The van der Waals surface area contributed by atoms with Crippen molar-refractivity contribution < 1.29 is 4.79 Å². The van der Waals surface area contributed by atoms with E-state index in [0.717, 1.165) is 43.2 Å². The van der Waals surface area contributed by atoms with Crippen molar-refractivity contribution in [2.75, 3.05) is 25.4 Å². The van der Waals surface area contributed by atoms with Crippen LogP contribution in [-0.2, 0) is 6.54 Å². The number of carbonyl (C=O) groups is 1. The van der Waals surface area contributed by atoms with Crippen molar-refractivity contribution in [2.45, 2.75) is 39.7 Å². The first kappa shape index (κ1) is 15.8. The fourth-order valence-corrected chi connectivity index (χ4v) is 2.89. The molecule has 1 amide bonds. The monoisotopic (exact) mass is 289 g/mol. The molecule has 1 heterocycles. The number of anilines is 1. The van der Waals surface area contributed by atoms with Crippen LogP contribution in [0.1, 0.15) is 49.0 Å². The standard InChI is InChI=1S/C17H27N3O/c1-3-8-19-17(21)14-6-7-15(16(18)10-14)12-20-9-4-5-13(2)11-20/h6-7,10,13H,3-5,8-9,11-12,18H2,1-2H3,(H,19,21). The molecule has 1 saturated heterocycles. The van der Waals surface area contributed by atoms with E-state index in [1.165, 1.54) is 12.8 Å². The summed E-state index contributed by atoms with van der Waals surface area (Å²) in [6.45, 7) is 8.20. The van der Waals surface area contributed by atoms with E-state index < -0.39 is 0 Å². The minimum Gasteiger partial charge on any atom is -0.398 e. The summed E-state index contributed by atoms with van der Waals surface area (Å²) in [7, 11) is 0. The third-order valence-electron chi connectivity index (χ3n) is 4.08. The number of piperidine rings is 1. The maximum Gasteiger partial charge on any atom is 0.251 e. The van der Waals surface area contributed by atoms with Gasteiger partial charge in [-0.3, -0.25) is 9.69 Å². The number of amides is 1. The number of nitrogens with two attached hydrogens (primary N) is 1. The lowest BCUT2D eigenvalue weighted by molar-refractivity contribution is 0.0953. The number of nitrogen functional groups attached to an aromatic ring is 1. The minimum absolute atomic E-state index is 0.0401. The summed E-state index contributed by atoms with van der Waals surface area (Å²) in [5.41, 5.74) is 8.62. The van der Waals surface area contributed by atoms with Crippen molar-refractivity contribution in [1.82, 2.24) is 10.2 Å².